The van der Waals surface area contributed by atoms with Crippen LogP contribution in [0.2, 0.25) is 0 Å². The number of primary amides is 1. The molecule has 2 rings (SSSR count). The van der Waals surface area contributed by atoms with Crippen molar-refractivity contribution in [3.8, 4) is 0 Å². The summed E-state index contributed by atoms with van der Waals surface area (Å²) in [6.07, 6.45) is 8.49. The van der Waals surface area contributed by atoms with Crippen LogP contribution in [0, 0.1) is 0 Å². The summed E-state index contributed by atoms with van der Waals surface area (Å²) < 4.78 is 2.01. The number of imidazole rings is 1. The Hall–Kier alpha value is -2.83. The fourth-order valence-electron chi connectivity index (χ4n) is 2.44. The zero-order valence-corrected chi connectivity index (χ0v) is 14.3. The van der Waals surface area contributed by atoms with Crippen LogP contribution in [0.15, 0.2) is 43.0 Å². The van der Waals surface area contributed by atoms with Crippen LogP contribution in [0.5, 0.6) is 0 Å². The molecule has 0 unspecified atom stereocenters. The topological polar surface area (TPSA) is 102 Å². The van der Waals surface area contributed by atoms with Crippen molar-refractivity contribution >= 4 is 11.9 Å². The van der Waals surface area contributed by atoms with Crippen LogP contribution in [0.25, 0.3) is 0 Å². The van der Waals surface area contributed by atoms with E-state index in [1.54, 1.807) is 12.5 Å². The Labute approximate surface area is 147 Å². The van der Waals surface area contributed by atoms with Crippen LogP contribution in [-0.2, 0) is 17.9 Å². The van der Waals surface area contributed by atoms with Crippen LogP contribution < -0.4 is 16.4 Å². The minimum atomic E-state index is -0.506. The van der Waals surface area contributed by atoms with Crippen LogP contribution >= 0.6 is 0 Å². The quantitative estimate of drug-likeness (QED) is 0.573. The summed E-state index contributed by atoms with van der Waals surface area (Å²) in [5, 5.41) is 5.46. The molecule has 25 heavy (non-hydrogen) atoms. The number of hydrogen-bond donors (Lipinski definition) is 3. The molecule has 134 valence electrons. The second-order valence-corrected chi connectivity index (χ2v) is 5.93. The van der Waals surface area contributed by atoms with Crippen molar-refractivity contribution in [2.75, 3.05) is 6.54 Å². The lowest BCUT2D eigenvalue weighted by atomic mass is 10.1. The van der Waals surface area contributed by atoms with E-state index in [4.69, 9.17) is 5.73 Å². The molecule has 0 bridgehead atoms. The van der Waals surface area contributed by atoms with Gasteiger partial charge in [0.05, 0.1) is 6.33 Å². The van der Waals surface area contributed by atoms with Crippen LogP contribution in [0.3, 0.4) is 0 Å². The van der Waals surface area contributed by atoms with Crippen LogP contribution in [0.1, 0.15) is 36.8 Å². The fraction of sp³-hybridized carbons (Fsp3) is 0.389. The number of benzene rings is 1. The summed E-state index contributed by atoms with van der Waals surface area (Å²) >= 11 is 0. The van der Waals surface area contributed by atoms with Gasteiger partial charge >= 0.3 is 6.03 Å². The van der Waals surface area contributed by atoms with Crippen molar-refractivity contribution in [1.29, 1.82) is 0 Å². The third-order valence-corrected chi connectivity index (χ3v) is 3.82. The molecule has 0 spiro atoms. The summed E-state index contributed by atoms with van der Waals surface area (Å²) in [7, 11) is 0. The SMILES string of the molecule is NC(=O)NCCCCCC(=O)NCc1ccc(Cn2ccnc2)cc1. The molecule has 7 nitrogen and oxygen atoms in total. The van der Waals surface area contributed by atoms with Crippen LogP contribution in [0.4, 0.5) is 4.79 Å². The van der Waals surface area contributed by atoms with Gasteiger partial charge in [0, 0.05) is 38.4 Å². The average Bonchev–Trinajstić information content (AvgIpc) is 3.10. The third-order valence-electron chi connectivity index (χ3n) is 3.82. The zero-order valence-electron chi connectivity index (χ0n) is 14.3. The van der Waals surface area contributed by atoms with Gasteiger partial charge in [0.25, 0.3) is 0 Å². The maximum Gasteiger partial charge on any atom is 0.312 e. The molecule has 2 aromatic rings. The van der Waals surface area contributed by atoms with E-state index < -0.39 is 6.03 Å². The third kappa shape index (κ3) is 7.52. The number of nitrogens with one attached hydrogen (secondary N) is 2. The first-order valence-electron chi connectivity index (χ1n) is 8.47. The number of aromatic nitrogens is 2. The lowest BCUT2D eigenvalue weighted by Crippen LogP contribution is -2.30. The molecule has 0 radical (unpaired) electrons. The average molecular weight is 343 g/mol. The van der Waals surface area contributed by atoms with Gasteiger partial charge in [0.1, 0.15) is 0 Å². The second kappa shape index (κ2) is 10.1. The molecule has 0 saturated heterocycles. The molecule has 0 fully saturated rings. The Morgan fingerprint density at radius 3 is 2.48 bits per heavy atom. The molecule has 0 saturated carbocycles. The molecule has 7 heteroatoms. The monoisotopic (exact) mass is 343 g/mol. The lowest BCUT2D eigenvalue weighted by Gasteiger charge is -2.07. The van der Waals surface area contributed by atoms with E-state index in [2.05, 4.69) is 27.8 Å². The first-order chi connectivity index (χ1) is 12.1. The number of nitrogens with two attached hydrogens (primary N) is 1. The highest BCUT2D eigenvalue weighted by atomic mass is 16.2. The summed E-state index contributed by atoms with van der Waals surface area (Å²) in [5.74, 6) is 0.0466. The number of unbranched alkanes of at least 4 members (excludes halogenated alkanes) is 2. The molecule has 0 atom stereocenters. The van der Waals surface area contributed by atoms with Crippen molar-refractivity contribution in [1.82, 2.24) is 20.2 Å². The Morgan fingerprint density at radius 1 is 1.04 bits per heavy atom. The van der Waals surface area contributed by atoms with Crippen molar-refractivity contribution in [2.24, 2.45) is 5.73 Å². The van der Waals surface area contributed by atoms with Crippen molar-refractivity contribution < 1.29 is 9.59 Å². The van der Waals surface area contributed by atoms with Crippen molar-refractivity contribution in [2.45, 2.75) is 38.8 Å². The Kier molecular flexibility index (Phi) is 7.49. The molecular formula is C18H25N5O2. The number of carbonyl (C=O) groups excluding carboxylic acids is 2. The normalized spacial score (nSPS) is 10.4. The molecule has 1 heterocycles. The van der Waals surface area contributed by atoms with Gasteiger partial charge in [-0.1, -0.05) is 30.7 Å². The van der Waals surface area contributed by atoms with Gasteiger partial charge < -0.3 is 20.9 Å². The highest BCUT2D eigenvalue weighted by molar-refractivity contribution is 5.75. The van der Waals surface area contributed by atoms with Crippen molar-refractivity contribution in [3.63, 3.8) is 0 Å². The Balaban J connectivity index is 1.60. The van der Waals surface area contributed by atoms with Gasteiger partial charge in [-0.15, -0.1) is 0 Å². The van der Waals surface area contributed by atoms with Gasteiger partial charge in [0.15, 0.2) is 0 Å². The standard InChI is InChI=1S/C18H25N5O2/c19-18(25)21-9-3-1-2-4-17(24)22-12-15-5-7-16(8-6-15)13-23-11-10-20-14-23/h5-8,10-11,14H,1-4,9,12-13H2,(H,22,24)(H3,19,21,25). The minimum Gasteiger partial charge on any atom is -0.352 e. The highest BCUT2D eigenvalue weighted by Crippen LogP contribution is 2.07. The summed E-state index contributed by atoms with van der Waals surface area (Å²) in [4.78, 5) is 26.4. The first-order valence-corrected chi connectivity index (χ1v) is 8.47. The van der Waals surface area contributed by atoms with E-state index in [-0.39, 0.29) is 5.91 Å². The highest BCUT2D eigenvalue weighted by Gasteiger charge is 2.02. The molecule has 0 aliphatic rings. The number of hydrogen-bond acceptors (Lipinski definition) is 3. The van der Waals surface area contributed by atoms with E-state index in [9.17, 15) is 9.59 Å². The fourth-order valence-corrected chi connectivity index (χ4v) is 2.44. The van der Waals surface area contributed by atoms with Crippen LogP contribution in [-0.4, -0.2) is 28.0 Å². The van der Waals surface area contributed by atoms with E-state index in [0.717, 1.165) is 31.4 Å². The van der Waals surface area contributed by atoms with E-state index >= 15 is 0 Å². The zero-order chi connectivity index (χ0) is 17.9. The number of urea groups is 1. The van der Waals surface area contributed by atoms with E-state index in [0.29, 0.717) is 19.5 Å². The van der Waals surface area contributed by atoms with Gasteiger partial charge in [-0.3, -0.25) is 4.79 Å². The predicted molar refractivity (Wildman–Crippen MR) is 95.7 cm³/mol. The maximum absolute atomic E-state index is 11.8. The van der Waals surface area contributed by atoms with Gasteiger partial charge in [-0.25, -0.2) is 9.78 Å². The van der Waals surface area contributed by atoms with E-state index in [1.807, 2.05) is 22.9 Å². The Morgan fingerprint density at radius 2 is 1.80 bits per heavy atom. The predicted octanol–water partition coefficient (Wildman–Crippen LogP) is 1.78. The minimum absolute atomic E-state index is 0.0466. The smallest absolute Gasteiger partial charge is 0.312 e. The number of nitrogens with zero attached hydrogens (tertiary/aromatic N) is 2. The molecule has 1 aromatic carbocycles. The summed E-state index contributed by atoms with van der Waals surface area (Å²) in [6, 6.07) is 7.68. The van der Waals surface area contributed by atoms with Gasteiger partial charge in [0.2, 0.25) is 5.91 Å². The lowest BCUT2D eigenvalue weighted by molar-refractivity contribution is -0.121. The molecule has 3 amide bonds. The number of carbonyl (C=O) groups is 2. The van der Waals surface area contributed by atoms with Crippen molar-refractivity contribution in [3.05, 3.63) is 54.1 Å². The van der Waals surface area contributed by atoms with E-state index in [1.165, 1.54) is 5.56 Å². The summed E-state index contributed by atoms with van der Waals surface area (Å²) in [6.45, 7) is 1.88. The maximum atomic E-state index is 11.8. The van der Waals surface area contributed by atoms with Gasteiger partial charge in [-0.2, -0.15) is 0 Å². The van der Waals surface area contributed by atoms with Gasteiger partial charge in [-0.05, 0) is 24.0 Å². The number of rotatable bonds is 10. The summed E-state index contributed by atoms with van der Waals surface area (Å²) in [5.41, 5.74) is 7.24. The Bertz CT molecular complexity index is 653. The largest absolute Gasteiger partial charge is 0.352 e. The molecule has 0 aliphatic heterocycles. The molecule has 4 N–H and O–H groups in total. The second-order valence-electron chi connectivity index (χ2n) is 5.93. The molecule has 0 aliphatic carbocycles. The molecule has 1 aromatic heterocycles. The number of amides is 3. The molecular weight excluding hydrogens is 318 g/mol. The first kappa shape index (κ1) is 18.5.